The quantitative estimate of drug-likeness (QED) is 0.656. The molecule has 0 bridgehead atoms. The summed E-state index contributed by atoms with van der Waals surface area (Å²) in [6, 6.07) is 0. The third-order valence-corrected chi connectivity index (χ3v) is 2.46. The predicted molar refractivity (Wildman–Crippen MR) is 38.8 cm³/mol. The van der Waals surface area contributed by atoms with E-state index in [1.165, 1.54) is 6.92 Å². The Labute approximate surface area is 69.3 Å². The van der Waals surface area contributed by atoms with Crippen LogP contribution in [-0.4, -0.2) is 19.9 Å². The van der Waals surface area contributed by atoms with Crippen molar-refractivity contribution in [3.63, 3.8) is 0 Å². The van der Waals surface area contributed by atoms with E-state index in [0.717, 1.165) is 0 Å². The summed E-state index contributed by atoms with van der Waals surface area (Å²) < 4.78 is 47.6. The van der Waals surface area contributed by atoms with Crippen LogP contribution in [0.15, 0.2) is 0 Å². The number of hydrogen-bond donors (Lipinski definition) is 2. The van der Waals surface area contributed by atoms with Crippen LogP contribution in [-0.2, 0) is 10.2 Å². The maximum atomic E-state index is 12.3. The van der Waals surface area contributed by atoms with Gasteiger partial charge in [-0.1, -0.05) is 0 Å². The van der Waals surface area contributed by atoms with E-state index in [1.807, 2.05) is 4.72 Å². The molecule has 1 aliphatic carbocycles. The Morgan fingerprint density at radius 1 is 1.42 bits per heavy atom. The molecule has 12 heavy (non-hydrogen) atoms. The zero-order valence-corrected chi connectivity index (χ0v) is 7.29. The van der Waals surface area contributed by atoms with Crippen molar-refractivity contribution in [1.82, 2.24) is 4.72 Å². The number of rotatable bonds is 2. The van der Waals surface area contributed by atoms with Crippen molar-refractivity contribution in [2.24, 2.45) is 5.14 Å². The first-order chi connectivity index (χ1) is 5.12. The van der Waals surface area contributed by atoms with E-state index in [2.05, 4.69) is 5.14 Å². The lowest BCUT2D eigenvalue weighted by atomic mass is 9.76. The number of nitrogens with two attached hydrogens (primary N) is 1. The fraction of sp³-hybridized carbons (Fsp3) is 1.00. The normalized spacial score (nSPS) is 26.3. The van der Waals surface area contributed by atoms with Crippen molar-refractivity contribution in [2.75, 3.05) is 0 Å². The Balaban J connectivity index is 2.58. The van der Waals surface area contributed by atoms with Crippen LogP contribution in [0.1, 0.15) is 19.8 Å². The molecule has 0 heterocycles. The van der Waals surface area contributed by atoms with Gasteiger partial charge in [-0.05, 0) is 6.92 Å². The minimum atomic E-state index is -3.88. The zero-order chi connectivity index (χ0) is 9.62. The molecule has 1 aliphatic rings. The summed E-state index contributed by atoms with van der Waals surface area (Å²) >= 11 is 0. The molecule has 0 aromatic rings. The van der Waals surface area contributed by atoms with Crippen LogP contribution in [0.4, 0.5) is 8.78 Å². The molecule has 0 saturated heterocycles. The molecule has 0 aliphatic heterocycles. The lowest BCUT2D eigenvalue weighted by molar-refractivity contribution is -0.121. The Kier molecular flexibility index (Phi) is 1.93. The predicted octanol–water partition coefficient (Wildman–Crippen LogP) is -0.0327. The Morgan fingerprint density at radius 3 is 2.08 bits per heavy atom. The van der Waals surface area contributed by atoms with E-state index in [4.69, 9.17) is 0 Å². The van der Waals surface area contributed by atoms with Crippen molar-refractivity contribution in [1.29, 1.82) is 0 Å². The molecule has 0 radical (unpaired) electrons. The first-order valence-electron chi connectivity index (χ1n) is 3.32. The van der Waals surface area contributed by atoms with Gasteiger partial charge in [-0.3, -0.25) is 0 Å². The van der Waals surface area contributed by atoms with Gasteiger partial charge in [-0.25, -0.2) is 13.9 Å². The van der Waals surface area contributed by atoms with Crippen molar-refractivity contribution in [3.05, 3.63) is 0 Å². The highest BCUT2D eigenvalue weighted by Gasteiger charge is 2.54. The van der Waals surface area contributed by atoms with Crippen LogP contribution in [0, 0.1) is 0 Å². The van der Waals surface area contributed by atoms with Crippen molar-refractivity contribution < 1.29 is 17.2 Å². The summed E-state index contributed by atoms with van der Waals surface area (Å²) in [6.45, 7) is 1.40. The molecule has 0 aromatic carbocycles. The standard InChI is InChI=1S/C5H10F2N2O2S/c1-4(9-12(8,10)11)2-5(6,7)3-4/h9H,2-3H2,1H3,(H2,8,10,11). The minimum absolute atomic E-state index is 0.490. The largest absolute Gasteiger partial charge is 0.274 e. The van der Waals surface area contributed by atoms with Crippen molar-refractivity contribution >= 4 is 10.2 Å². The maximum absolute atomic E-state index is 12.3. The maximum Gasteiger partial charge on any atom is 0.274 e. The van der Waals surface area contributed by atoms with Gasteiger partial charge in [0, 0.05) is 18.4 Å². The van der Waals surface area contributed by atoms with Crippen LogP contribution in [0.3, 0.4) is 0 Å². The average Bonchev–Trinajstić information content (AvgIpc) is 1.48. The summed E-state index contributed by atoms with van der Waals surface area (Å²) in [6.07, 6.45) is -0.979. The highest BCUT2D eigenvalue weighted by atomic mass is 32.2. The molecule has 1 saturated carbocycles. The summed E-state index contributed by atoms with van der Waals surface area (Å²) in [5.41, 5.74) is -1.07. The lowest BCUT2D eigenvalue weighted by Gasteiger charge is -2.44. The fourth-order valence-corrected chi connectivity index (χ4v) is 2.34. The second-order valence-corrected chi connectivity index (χ2v) is 4.71. The SMILES string of the molecule is CC1(NS(N)(=O)=O)CC(F)(F)C1. The summed E-state index contributed by atoms with van der Waals surface area (Å²) in [7, 11) is -3.88. The summed E-state index contributed by atoms with van der Waals surface area (Å²) in [5.74, 6) is -2.76. The molecular weight excluding hydrogens is 190 g/mol. The van der Waals surface area contributed by atoms with Gasteiger partial charge in [0.1, 0.15) is 0 Å². The van der Waals surface area contributed by atoms with Crippen molar-refractivity contribution in [2.45, 2.75) is 31.2 Å². The van der Waals surface area contributed by atoms with Gasteiger partial charge in [0.2, 0.25) is 0 Å². The molecule has 1 rings (SSSR count). The van der Waals surface area contributed by atoms with E-state index in [9.17, 15) is 17.2 Å². The van der Waals surface area contributed by atoms with Crippen LogP contribution < -0.4 is 9.86 Å². The zero-order valence-electron chi connectivity index (χ0n) is 6.47. The monoisotopic (exact) mass is 200 g/mol. The van der Waals surface area contributed by atoms with Gasteiger partial charge in [0.05, 0.1) is 0 Å². The number of hydrogen-bond acceptors (Lipinski definition) is 2. The second kappa shape index (κ2) is 2.36. The van der Waals surface area contributed by atoms with Gasteiger partial charge in [0.15, 0.2) is 0 Å². The van der Waals surface area contributed by atoms with E-state index < -0.39 is 34.5 Å². The minimum Gasteiger partial charge on any atom is -0.216 e. The molecule has 0 spiro atoms. The smallest absolute Gasteiger partial charge is 0.216 e. The van der Waals surface area contributed by atoms with Gasteiger partial charge in [-0.15, -0.1) is 0 Å². The molecule has 3 N–H and O–H groups in total. The van der Waals surface area contributed by atoms with Crippen molar-refractivity contribution in [3.8, 4) is 0 Å². The first-order valence-corrected chi connectivity index (χ1v) is 4.86. The van der Waals surface area contributed by atoms with Gasteiger partial charge >= 0.3 is 0 Å². The molecule has 0 unspecified atom stereocenters. The molecule has 1 fully saturated rings. The van der Waals surface area contributed by atoms with Gasteiger partial charge < -0.3 is 0 Å². The Hall–Kier alpha value is -0.270. The van der Waals surface area contributed by atoms with Crippen LogP contribution in [0.25, 0.3) is 0 Å². The summed E-state index contributed by atoms with van der Waals surface area (Å²) in [5, 5.41) is 4.64. The van der Waals surface area contributed by atoms with Crippen LogP contribution in [0.5, 0.6) is 0 Å². The second-order valence-electron chi connectivity index (χ2n) is 3.42. The molecular formula is C5H10F2N2O2S. The Bertz CT molecular complexity index is 280. The molecule has 4 nitrogen and oxygen atoms in total. The average molecular weight is 200 g/mol. The number of halogens is 2. The number of alkyl halides is 2. The molecule has 0 aromatic heterocycles. The lowest BCUT2D eigenvalue weighted by Crippen LogP contribution is -2.61. The van der Waals surface area contributed by atoms with Gasteiger partial charge in [0.25, 0.3) is 16.1 Å². The Morgan fingerprint density at radius 2 is 1.83 bits per heavy atom. The number of nitrogens with one attached hydrogen (secondary N) is 1. The third-order valence-electron chi connectivity index (χ3n) is 1.69. The highest BCUT2D eigenvalue weighted by molar-refractivity contribution is 7.87. The first kappa shape index (κ1) is 9.82. The van der Waals surface area contributed by atoms with Gasteiger partial charge in [-0.2, -0.15) is 13.1 Å². The summed E-state index contributed by atoms with van der Waals surface area (Å²) in [4.78, 5) is 0. The van der Waals surface area contributed by atoms with E-state index in [1.54, 1.807) is 0 Å². The molecule has 72 valence electrons. The molecule has 0 amide bonds. The topological polar surface area (TPSA) is 72.2 Å². The van der Waals surface area contributed by atoms with E-state index in [0.29, 0.717) is 0 Å². The van der Waals surface area contributed by atoms with E-state index in [-0.39, 0.29) is 0 Å². The highest BCUT2D eigenvalue weighted by Crippen LogP contribution is 2.45. The molecule has 0 atom stereocenters. The fourth-order valence-electron chi connectivity index (χ4n) is 1.51. The van der Waals surface area contributed by atoms with Crippen LogP contribution >= 0.6 is 0 Å². The van der Waals surface area contributed by atoms with E-state index >= 15 is 0 Å². The van der Waals surface area contributed by atoms with Crippen LogP contribution in [0.2, 0.25) is 0 Å². The third kappa shape index (κ3) is 2.36. The molecule has 7 heteroatoms.